The summed E-state index contributed by atoms with van der Waals surface area (Å²) in [6.07, 6.45) is 0.810. The number of methoxy groups -OCH3 is 1. The van der Waals surface area contributed by atoms with E-state index in [0.29, 0.717) is 28.8 Å². The second kappa shape index (κ2) is 8.76. The molecule has 1 fully saturated rings. The van der Waals surface area contributed by atoms with E-state index >= 15 is 0 Å². The van der Waals surface area contributed by atoms with E-state index in [2.05, 4.69) is 4.90 Å². The standard InChI is InChI=1S/C25H26N2O5/c1-30-18-8-9-19-20(16-18)32-24-21(23(19)28)22(17-6-3-2-4-7-17)27(25(24)29)11-5-10-26-12-14-31-15-13-26/h2-4,6-9,16,22H,5,10-15H2,1H3/t22-/m1/s1. The fraction of sp³-hybridized carbons (Fsp3) is 0.360. The van der Waals surface area contributed by atoms with Crippen LogP contribution in [0.3, 0.4) is 0 Å². The average molecular weight is 434 g/mol. The molecule has 2 aromatic carbocycles. The Morgan fingerprint density at radius 2 is 1.81 bits per heavy atom. The summed E-state index contributed by atoms with van der Waals surface area (Å²) in [5.41, 5.74) is 1.53. The number of carbonyl (C=O) groups is 1. The molecule has 3 aromatic rings. The van der Waals surface area contributed by atoms with Gasteiger partial charge in [-0.2, -0.15) is 0 Å². The van der Waals surface area contributed by atoms with Crippen molar-refractivity contribution < 1.29 is 18.7 Å². The third-order valence-electron chi connectivity index (χ3n) is 6.27. The van der Waals surface area contributed by atoms with Crippen molar-refractivity contribution in [3.8, 4) is 5.75 Å². The molecule has 3 heterocycles. The Morgan fingerprint density at radius 3 is 2.56 bits per heavy atom. The Labute approximate surface area is 186 Å². The second-order valence-corrected chi connectivity index (χ2v) is 8.16. The summed E-state index contributed by atoms with van der Waals surface area (Å²) in [4.78, 5) is 31.1. The maximum atomic E-state index is 13.5. The predicted molar refractivity (Wildman–Crippen MR) is 120 cm³/mol. The first kappa shape index (κ1) is 20.7. The Bertz CT molecular complexity index is 1180. The molecule has 0 aliphatic carbocycles. The van der Waals surface area contributed by atoms with Gasteiger partial charge >= 0.3 is 0 Å². The van der Waals surface area contributed by atoms with Gasteiger partial charge in [0.25, 0.3) is 5.91 Å². The van der Waals surface area contributed by atoms with Crippen LogP contribution in [0.1, 0.15) is 34.1 Å². The largest absolute Gasteiger partial charge is 0.497 e. The van der Waals surface area contributed by atoms with Crippen LogP contribution in [-0.4, -0.2) is 62.2 Å². The first-order chi connectivity index (χ1) is 15.7. The van der Waals surface area contributed by atoms with E-state index in [1.54, 1.807) is 30.2 Å². The summed E-state index contributed by atoms with van der Waals surface area (Å²) in [5.74, 6) is 0.474. The van der Waals surface area contributed by atoms with Gasteiger partial charge in [0.1, 0.15) is 11.3 Å². The number of ether oxygens (including phenoxy) is 2. The number of hydrogen-bond donors (Lipinski definition) is 0. The molecule has 0 bridgehead atoms. The highest BCUT2D eigenvalue weighted by Crippen LogP contribution is 2.38. The first-order valence-electron chi connectivity index (χ1n) is 11.0. The van der Waals surface area contributed by atoms with Gasteiger partial charge in [-0.1, -0.05) is 30.3 Å². The lowest BCUT2D eigenvalue weighted by Gasteiger charge is -2.29. The van der Waals surface area contributed by atoms with E-state index in [1.165, 1.54) is 0 Å². The third-order valence-corrected chi connectivity index (χ3v) is 6.27. The average Bonchev–Trinajstić information content (AvgIpc) is 3.12. The molecule has 2 aliphatic rings. The van der Waals surface area contributed by atoms with Gasteiger partial charge in [0.2, 0.25) is 5.76 Å². The number of carbonyl (C=O) groups excluding carboxylic acids is 1. The molecule has 1 amide bonds. The molecular formula is C25H26N2O5. The van der Waals surface area contributed by atoms with Crippen molar-refractivity contribution >= 4 is 16.9 Å². The van der Waals surface area contributed by atoms with Crippen LogP contribution in [0.2, 0.25) is 0 Å². The van der Waals surface area contributed by atoms with Gasteiger partial charge < -0.3 is 18.8 Å². The molecule has 7 heteroatoms. The van der Waals surface area contributed by atoms with Crippen molar-refractivity contribution in [2.24, 2.45) is 0 Å². The van der Waals surface area contributed by atoms with Crippen molar-refractivity contribution in [2.45, 2.75) is 12.5 Å². The molecule has 7 nitrogen and oxygen atoms in total. The zero-order valence-corrected chi connectivity index (χ0v) is 18.1. The molecule has 5 rings (SSSR count). The number of nitrogens with zero attached hydrogens (tertiary/aromatic N) is 2. The molecule has 0 saturated carbocycles. The topological polar surface area (TPSA) is 72.2 Å². The maximum absolute atomic E-state index is 13.5. The van der Waals surface area contributed by atoms with Gasteiger partial charge in [0.15, 0.2) is 5.43 Å². The minimum Gasteiger partial charge on any atom is -0.497 e. The van der Waals surface area contributed by atoms with E-state index in [9.17, 15) is 9.59 Å². The van der Waals surface area contributed by atoms with Crippen LogP contribution >= 0.6 is 0 Å². The van der Waals surface area contributed by atoms with Crippen LogP contribution in [0, 0.1) is 0 Å². The Morgan fingerprint density at radius 1 is 1.03 bits per heavy atom. The second-order valence-electron chi connectivity index (χ2n) is 8.16. The van der Waals surface area contributed by atoms with E-state index in [0.717, 1.165) is 44.8 Å². The Kier molecular flexibility index (Phi) is 5.68. The van der Waals surface area contributed by atoms with Crippen molar-refractivity contribution in [3.63, 3.8) is 0 Å². The smallest absolute Gasteiger partial charge is 0.290 e. The van der Waals surface area contributed by atoms with Crippen molar-refractivity contribution in [1.82, 2.24) is 9.80 Å². The predicted octanol–water partition coefficient (Wildman–Crippen LogP) is 3.07. The minimum absolute atomic E-state index is 0.135. The molecule has 166 valence electrons. The molecular weight excluding hydrogens is 408 g/mol. The highest BCUT2D eigenvalue weighted by molar-refractivity contribution is 5.99. The van der Waals surface area contributed by atoms with E-state index < -0.39 is 6.04 Å². The van der Waals surface area contributed by atoms with Gasteiger partial charge in [-0.25, -0.2) is 0 Å². The van der Waals surface area contributed by atoms with Crippen LogP contribution in [-0.2, 0) is 4.74 Å². The van der Waals surface area contributed by atoms with Crippen LogP contribution < -0.4 is 10.2 Å². The SMILES string of the molecule is COc1ccc2c(=O)c3c(oc2c1)C(=O)N(CCCN1CCOCC1)[C@@H]3c1ccccc1. The summed E-state index contributed by atoms with van der Waals surface area (Å²) in [7, 11) is 1.55. The molecule has 1 aromatic heterocycles. The number of rotatable bonds is 6. The summed E-state index contributed by atoms with van der Waals surface area (Å²) in [5, 5.41) is 0.452. The highest BCUT2D eigenvalue weighted by atomic mass is 16.5. The molecule has 0 N–H and O–H groups in total. The van der Waals surface area contributed by atoms with Crippen LogP contribution in [0.25, 0.3) is 11.0 Å². The molecule has 2 aliphatic heterocycles. The third kappa shape index (κ3) is 3.67. The Hall–Kier alpha value is -3.16. The number of fused-ring (bicyclic) bond motifs is 2. The molecule has 1 saturated heterocycles. The van der Waals surface area contributed by atoms with Crippen LogP contribution in [0.4, 0.5) is 0 Å². The zero-order valence-electron chi connectivity index (χ0n) is 18.1. The molecule has 0 unspecified atom stereocenters. The normalized spacial score (nSPS) is 18.8. The summed E-state index contributed by atoms with van der Waals surface area (Å²) >= 11 is 0. The van der Waals surface area contributed by atoms with Crippen molar-refractivity contribution in [1.29, 1.82) is 0 Å². The number of morpholine rings is 1. The summed E-state index contributed by atoms with van der Waals surface area (Å²) in [6, 6.07) is 14.3. The van der Waals surface area contributed by atoms with Gasteiger partial charge in [-0.3, -0.25) is 14.5 Å². The van der Waals surface area contributed by atoms with E-state index in [-0.39, 0.29) is 17.1 Å². The minimum atomic E-state index is -0.453. The van der Waals surface area contributed by atoms with Crippen molar-refractivity contribution in [2.75, 3.05) is 46.5 Å². The van der Waals surface area contributed by atoms with Gasteiger partial charge in [-0.05, 0) is 24.1 Å². The molecule has 0 spiro atoms. The fourth-order valence-electron chi connectivity index (χ4n) is 4.63. The summed E-state index contributed by atoms with van der Waals surface area (Å²) < 4.78 is 16.7. The van der Waals surface area contributed by atoms with E-state index in [4.69, 9.17) is 13.9 Å². The molecule has 32 heavy (non-hydrogen) atoms. The van der Waals surface area contributed by atoms with Gasteiger partial charge in [0, 0.05) is 32.2 Å². The number of benzene rings is 2. The lowest BCUT2D eigenvalue weighted by atomic mass is 9.98. The first-order valence-corrected chi connectivity index (χ1v) is 11.0. The van der Waals surface area contributed by atoms with Gasteiger partial charge in [0.05, 0.1) is 37.3 Å². The monoisotopic (exact) mass is 434 g/mol. The lowest BCUT2D eigenvalue weighted by Crippen LogP contribution is -2.38. The number of hydrogen-bond acceptors (Lipinski definition) is 6. The van der Waals surface area contributed by atoms with Crippen LogP contribution in [0.15, 0.2) is 57.7 Å². The van der Waals surface area contributed by atoms with Crippen LogP contribution in [0.5, 0.6) is 5.75 Å². The highest BCUT2D eigenvalue weighted by Gasteiger charge is 2.42. The van der Waals surface area contributed by atoms with Gasteiger partial charge in [-0.15, -0.1) is 0 Å². The fourth-order valence-corrected chi connectivity index (χ4v) is 4.63. The van der Waals surface area contributed by atoms with Crippen molar-refractivity contribution in [3.05, 3.63) is 75.6 Å². The zero-order chi connectivity index (χ0) is 22.1. The Balaban J connectivity index is 1.52. The number of amides is 1. The molecule has 1 atom stereocenters. The van der Waals surface area contributed by atoms with E-state index in [1.807, 2.05) is 30.3 Å². The maximum Gasteiger partial charge on any atom is 0.290 e. The quantitative estimate of drug-likeness (QED) is 0.594. The summed E-state index contributed by atoms with van der Waals surface area (Å²) in [6.45, 7) is 4.72. The lowest BCUT2D eigenvalue weighted by molar-refractivity contribution is 0.0353. The molecule has 0 radical (unpaired) electrons.